The minimum Gasteiger partial charge on any atom is -0.299 e. The van der Waals surface area contributed by atoms with Gasteiger partial charge in [0.2, 0.25) is 0 Å². The van der Waals surface area contributed by atoms with Crippen molar-refractivity contribution in [2.24, 2.45) is 0 Å². The minimum absolute atomic E-state index is 0.268. The van der Waals surface area contributed by atoms with Crippen LogP contribution in [0.2, 0.25) is 0 Å². The SMILES string of the molecule is Cc1ccc(CC(=O)Cc2cccc(C)c2)cc1. The van der Waals surface area contributed by atoms with Gasteiger partial charge in [0.05, 0.1) is 0 Å². The highest BCUT2D eigenvalue weighted by molar-refractivity contribution is 5.83. The van der Waals surface area contributed by atoms with Gasteiger partial charge in [-0.1, -0.05) is 59.7 Å². The summed E-state index contributed by atoms with van der Waals surface area (Å²) >= 11 is 0. The van der Waals surface area contributed by atoms with E-state index in [4.69, 9.17) is 0 Å². The number of hydrogen-bond acceptors (Lipinski definition) is 1. The highest BCUT2D eigenvalue weighted by Crippen LogP contribution is 2.09. The summed E-state index contributed by atoms with van der Waals surface area (Å²) < 4.78 is 0. The molecular weight excluding hydrogens is 220 g/mol. The topological polar surface area (TPSA) is 17.1 Å². The number of carbonyl (C=O) groups is 1. The molecule has 0 fully saturated rings. The van der Waals surface area contributed by atoms with Crippen molar-refractivity contribution >= 4 is 5.78 Å². The molecule has 2 rings (SSSR count). The van der Waals surface area contributed by atoms with Gasteiger partial charge in [-0.2, -0.15) is 0 Å². The van der Waals surface area contributed by atoms with Gasteiger partial charge >= 0.3 is 0 Å². The molecule has 1 nitrogen and oxygen atoms in total. The van der Waals surface area contributed by atoms with Gasteiger partial charge in [-0.15, -0.1) is 0 Å². The van der Waals surface area contributed by atoms with E-state index in [9.17, 15) is 4.79 Å². The summed E-state index contributed by atoms with van der Waals surface area (Å²) in [5.41, 5.74) is 4.63. The van der Waals surface area contributed by atoms with E-state index in [1.54, 1.807) is 0 Å². The van der Waals surface area contributed by atoms with E-state index in [-0.39, 0.29) is 5.78 Å². The Labute approximate surface area is 108 Å². The lowest BCUT2D eigenvalue weighted by atomic mass is 10.0. The molecule has 0 radical (unpaired) electrons. The Bertz CT molecular complexity index is 538. The van der Waals surface area contributed by atoms with Crippen LogP contribution in [0.15, 0.2) is 48.5 Å². The van der Waals surface area contributed by atoms with Crippen LogP contribution in [0, 0.1) is 13.8 Å². The van der Waals surface area contributed by atoms with Gasteiger partial charge in [0, 0.05) is 12.8 Å². The monoisotopic (exact) mass is 238 g/mol. The first-order chi connectivity index (χ1) is 8.63. The van der Waals surface area contributed by atoms with Crippen molar-refractivity contribution in [2.45, 2.75) is 26.7 Å². The van der Waals surface area contributed by atoms with Crippen LogP contribution in [0.5, 0.6) is 0 Å². The van der Waals surface area contributed by atoms with Gasteiger partial charge in [0.15, 0.2) is 0 Å². The molecule has 0 atom stereocenters. The first-order valence-corrected chi connectivity index (χ1v) is 6.26. The molecule has 0 spiro atoms. The van der Waals surface area contributed by atoms with E-state index in [0.717, 1.165) is 11.1 Å². The van der Waals surface area contributed by atoms with E-state index in [0.29, 0.717) is 12.8 Å². The third-order valence-corrected chi connectivity index (χ3v) is 3.01. The van der Waals surface area contributed by atoms with Crippen molar-refractivity contribution in [1.82, 2.24) is 0 Å². The van der Waals surface area contributed by atoms with E-state index in [2.05, 4.69) is 25.1 Å². The molecule has 0 heterocycles. The van der Waals surface area contributed by atoms with Gasteiger partial charge in [-0.3, -0.25) is 4.79 Å². The molecule has 0 N–H and O–H groups in total. The van der Waals surface area contributed by atoms with Crippen molar-refractivity contribution in [3.8, 4) is 0 Å². The van der Waals surface area contributed by atoms with E-state index in [1.165, 1.54) is 11.1 Å². The van der Waals surface area contributed by atoms with Crippen LogP contribution in [0.4, 0.5) is 0 Å². The Hall–Kier alpha value is -1.89. The van der Waals surface area contributed by atoms with Crippen LogP contribution in [-0.2, 0) is 17.6 Å². The van der Waals surface area contributed by atoms with Crippen LogP contribution in [0.1, 0.15) is 22.3 Å². The Morgan fingerprint density at radius 2 is 1.50 bits per heavy atom. The molecule has 2 aromatic carbocycles. The molecule has 0 bridgehead atoms. The van der Waals surface area contributed by atoms with Crippen LogP contribution < -0.4 is 0 Å². The zero-order chi connectivity index (χ0) is 13.0. The van der Waals surface area contributed by atoms with E-state index >= 15 is 0 Å². The maximum absolute atomic E-state index is 12.0. The molecular formula is C17H18O. The molecule has 0 saturated heterocycles. The number of carbonyl (C=O) groups excluding carboxylic acids is 1. The summed E-state index contributed by atoms with van der Waals surface area (Å²) in [4.78, 5) is 12.0. The lowest BCUT2D eigenvalue weighted by Crippen LogP contribution is -2.06. The van der Waals surface area contributed by atoms with E-state index < -0.39 is 0 Å². The fraction of sp³-hybridized carbons (Fsp3) is 0.235. The Balaban J connectivity index is 1.98. The summed E-state index contributed by atoms with van der Waals surface area (Å²) in [6, 6.07) is 16.3. The van der Waals surface area contributed by atoms with Crippen LogP contribution in [0.25, 0.3) is 0 Å². The first kappa shape index (κ1) is 12.6. The molecule has 0 aliphatic rings. The summed E-state index contributed by atoms with van der Waals surface area (Å²) in [7, 11) is 0. The number of benzene rings is 2. The number of aryl methyl sites for hydroxylation is 2. The first-order valence-electron chi connectivity index (χ1n) is 6.26. The normalized spacial score (nSPS) is 10.3. The predicted molar refractivity (Wildman–Crippen MR) is 74.8 cm³/mol. The molecule has 0 saturated carbocycles. The second-order valence-corrected chi connectivity index (χ2v) is 4.87. The molecule has 2 aromatic rings. The maximum atomic E-state index is 12.0. The number of rotatable bonds is 4. The molecule has 1 heteroatoms. The quantitative estimate of drug-likeness (QED) is 0.794. The molecule has 0 amide bonds. The van der Waals surface area contributed by atoms with Gasteiger partial charge in [-0.25, -0.2) is 0 Å². The summed E-state index contributed by atoms with van der Waals surface area (Å²) in [5, 5.41) is 0. The lowest BCUT2D eigenvalue weighted by Gasteiger charge is -2.03. The highest BCUT2D eigenvalue weighted by Gasteiger charge is 2.05. The fourth-order valence-electron chi connectivity index (χ4n) is 2.05. The lowest BCUT2D eigenvalue weighted by molar-refractivity contribution is -0.117. The van der Waals surface area contributed by atoms with Gasteiger partial charge in [-0.05, 0) is 25.0 Å². The largest absolute Gasteiger partial charge is 0.299 e. The average Bonchev–Trinajstić information content (AvgIpc) is 2.32. The van der Waals surface area contributed by atoms with Crippen LogP contribution >= 0.6 is 0 Å². The van der Waals surface area contributed by atoms with Crippen molar-refractivity contribution in [3.63, 3.8) is 0 Å². The average molecular weight is 238 g/mol. The van der Waals surface area contributed by atoms with Crippen molar-refractivity contribution in [1.29, 1.82) is 0 Å². The zero-order valence-electron chi connectivity index (χ0n) is 10.9. The molecule has 18 heavy (non-hydrogen) atoms. The Morgan fingerprint density at radius 1 is 0.833 bits per heavy atom. The summed E-state index contributed by atoms with van der Waals surface area (Å²) in [6.07, 6.45) is 1.05. The van der Waals surface area contributed by atoms with Crippen molar-refractivity contribution < 1.29 is 4.79 Å². The number of hydrogen-bond donors (Lipinski definition) is 0. The van der Waals surface area contributed by atoms with Crippen LogP contribution in [0.3, 0.4) is 0 Å². The smallest absolute Gasteiger partial charge is 0.141 e. The van der Waals surface area contributed by atoms with E-state index in [1.807, 2.05) is 37.3 Å². The molecule has 0 aliphatic heterocycles. The second-order valence-electron chi connectivity index (χ2n) is 4.87. The van der Waals surface area contributed by atoms with Crippen molar-refractivity contribution in [2.75, 3.05) is 0 Å². The number of ketones is 1. The summed E-state index contributed by atoms with van der Waals surface area (Å²) in [6.45, 7) is 4.10. The van der Waals surface area contributed by atoms with Gasteiger partial charge in [0.1, 0.15) is 5.78 Å². The summed E-state index contributed by atoms with van der Waals surface area (Å²) in [5.74, 6) is 0.268. The predicted octanol–water partition coefficient (Wildman–Crippen LogP) is 3.66. The minimum atomic E-state index is 0.268. The Morgan fingerprint density at radius 3 is 2.17 bits per heavy atom. The third-order valence-electron chi connectivity index (χ3n) is 3.01. The molecule has 0 aliphatic carbocycles. The standard InChI is InChI=1S/C17H18O/c1-13-6-8-15(9-7-13)11-17(18)12-16-5-3-4-14(2)10-16/h3-10H,11-12H2,1-2H3. The molecule has 92 valence electrons. The van der Waals surface area contributed by atoms with Gasteiger partial charge in [0.25, 0.3) is 0 Å². The molecule has 0 aromatic heterocycles. The zero-order valence-corrected chi connectivity index (χ0v) is 10.9. The highest BCUT2D eigenvalue weighted by atomic mass is 16.1. The maximum Gasteiger partial charge on any atom is 0.141 e. The molecule has 0 unspecified atom stereocenters. The fourth-order valence-corrected chi connectivity index (χ4v) is 2.05. The third kappa shape index (κ3) is 3.56. The second kappa shape index (κ2) is 5.63. The van der Waals surface area contributed by atoms with Crippen molar-refractivity contribution in [3.05, 3.63) is 70.8 Å². The Kier molecular flexibility index (Phi) is 3.93. The van der Waals surface area contributed by atoms with Crippen LogP contribution in [-0.4, -0.2) is 5.78 Å². The van der Waals surface area contributed by atoms with Gasteiger partial charge < -0.3 is 0 Å². The number of Topliss-reactive ketones (excluding diaryl/α,β-unsaturated/α-hetero) is 1.